The van der Waals surface area contributed by atoms with Crippen molar-refractivity contribution < 1.29 is 9.53 Å². The molecule has 21 heavy (non-hydrogen) atoms. The predicted octanol–water partition coefficient (Wildman–Crippen LogP) is 3.06. The molecular formula is C17H28N2O2. The number of carbonyl (C=O) groups is 1. The lowest BCUT2D eigenvalue weighted by Gasteiger charge is -2.22. The number of hydrogen-bond donors (Lipinski definition) is 1. The van der Waals surface area contributed by atoms with E-state index >= 15 is 0 Å². The Labute approximate surface area is 127 Å². The molecule has 1 heterocycles. The van der Waals surface area contributed by atoms with E-state index in [4.69, 9.17) is 4.74 Å². The standard InChI is InChI=1S/C17H28N2O2/c1-5-18-15-9-7-6-8-13-10-19(11-14(13)15)12-17(2,3)16(20)21-4/h10-11,15,18H,5-9,12H2,1-4H3. The van der Waals surface area contributed by atoms with Crippen molar-refractivity contribution >= 4 is 5.97 Å². The molecule has 2 rings (SSSR count). The Morgan fingerprint density at radius 1 is 1.43 bits per heavy atom. The van der Waals surface area contributed by atoms with Gasteiger partial charge >= 0.3 is 5.97 Å². The van der Waals surface area contributed by atoms with Crippen molar-refractivity contribution in [2.45, 2.75) is 59.0 Å². The van der Waals surface area contributed by atoms with Gasteiger partial charge in [0.1, 0.15) is 0 Å². The number of nitrogens with zero attached hydrogens (tertiary/aromatic N) is 1. The van der Waals surface area contributed by atoms with Crippen LogP contribution in [-0.2, 0) is 22.5 Å². The van der Waals surface area contributed by atoms with Crippen LogP contribution in [0.1, 0.15) is 57.2 Å². The van der Waals surface area contributed by atoms with E-state index in [9.17, 15) is 4.79 Å². The van der Waals surface area contributed by atoms with Crippen molar-refractivity contribution in [1.82, 2.24) is 9.88 Å². The summed E-state index contributed by atoms with van der Waals surface area (Å²) in [6.45, 7) is 7.67. The number of fused-ring (bicyclic) bond motifs is 1. The molecule has 0 aliphatic heterocycles. The molecule has 1 aromatic rings. The van der Waals surface area contributed by atoms with E-state index in [1.807, 2.05) is 13.8 Å². The molecule has 1 aliphatic carbocycles. The SMILES string of the molecule is CCNC1CCCCc2cn(CC(C)(C)C(=O)OC)cc21. The molecule has 4 heteroatoms. The third-order valence-corrected chi connectivity index (χ3v) is 4.33. The first kappa shape index (κ1) is 16.1. The molecule has 0 bridgehead atoms. The number of ether oxygens (including phenoxy) is 1. The van der Waals surface area contributed by atoms with Gasteiger partial charge in [0.25, 0.3) is 0 Å². The number of esters is 1. The van der Waals surface area contributed by atoms with E-state index in [0.717, 1.165) is 13.0 Å². The lowest BCUT2D eigenvalue weighted by molar-refractivity contribution is -0.151. The molecule has 0 spiro atoms. The molecule has 1 aliphatic rings. The van der Waals surface area contributed by atoms with Crippen LogP contribution in [0.3, 0.4) is 0 Å². The molecular weight excluding hydrogens is 264 g/mol. The molecule has 1 aromatic heterocycles. The van der Waals surface area contributed by atoms with Crippen LogP contribution >= 0.6 is 0 Å². The number of hydrogen-bond acceptors (Lipinski definition) is 3. The van der Waals surface area contributed by atoms with Crippen LogP contribution in [0.5, 0.6) is 0 Å². The van der Waals surface area contributed by atoms with Crippen molar-refractivity contribution in [2.75, 3.05) is 13.7 Å². The fraction of sp³-hybridized carbons (Fsp3) is 0.706. The minimum atomic E-state index is -0.500. The average Bonchev–Trinajstić information content (AvgIpc) is 2.74. The molecule has 4 nitrogen and oxygen atoms in total. The lowest BCUT2D eigenvalue weighted by Crippen LogP contribution is -2.30. The first-order chi connectivity index (χ1) is 9.97. The molecule has 1 N–H and O–H groups in total. The summed E-state index contributed by atoms with van der Waals surface area (Å²) in [7, 11) is 1.45. The predicted molar refractivity (Wildman–Crippen MR) is 84.2 cm³/mol. The van der Waals surface area contributed by atoms with E-state index in [1.165, 1.54) is 37.5 Å². The average molecular weight is 292 g/mol. The number of methoxy groups -OCH3 is 1. The van der Waals surface area contributed by atoms with Gasteiger partial charge in [-0.1, -0.05) is 13.3 Å². The largest absolute Gasteiger partial charge is 0.469 e. The first-order valence-corrected chi connectivity index (χ1v) is 7.98. The topological polar surface area (TPSA) is 43.3 Å². The fourth-order valence-electron chi connectivity index (χ4n) is 3.26. The monoisotopic (exact) mass is 292 g/mol. The second-order valence-corrected chi connectivity index (χ2v) is 6.64. The Hall–Kier alpha value is -1.29. The van der Waals surface area contributed by atoms with Crippen LogP contribution in [0.4, 0.5) is 0 Å². The maximum absolute atomic E-state index is 11.9. The van der Waals surface area contributed by atoms with Crippen molar-refractivity contribution in [3.8, 4) is 0 Å². The summed E-state index contributed by atoms with van der Waals surface area (Å²) in [4.78, 5) is 11.9. The van der Waals surface area contributed by atoms with Crippen LogP contribution in [0.25, 0.3) is 0 Å². The van der Waals surface area contributed by atoms with Gasteiger partial charge in [0.05, 0.1) is 12.5 Å². The molecule has 1 atom stereocenters. The molecule has 1 unspecified atom stereocenters. The van der Waals surface area contributed by atoms with Crippen molar-refractivity contribution in [3.05, 3.63) is 23.5 Å². The number of aromatic nitrogens is 1. The molecule has 118 valence electrons. The van der Waals surface area contributed by atoms with Crippen molar-refractivity contribution in [2.24, 2.45) is 5.41 Å². The van der Waals surface area contributed by atoms with Gasteiger partial charge in [-0.15, -0.1) is 0 Å². The maximum atomic E-state index is 11.9. The third kappa shape index (κ3) is 3.67. The quantitative estimate of drug-likeness (QED) is 0.670. The highest BCUT2D eigenvalue weighted by molar-refractivity contribution is 5.75. The smallest absolute Gasteiger partial charge is 0.313 e. The Kier molecular flexibility index (Phi) is 5.09. The van der Waals surface area contributed by atoms with Crippen LogP contribution in [0, 0.1) is 5.41 Å². The normalized spacial score (nSPS) is 19.0. The number of aryl methyl sites for hydroxylation is 1. The molecule has 0 radical (unpaired) electrons. The van der Waals surface area contributed by atoms with Gasteiger partial charge in [-0.3, -0.25) is 4.79 Å². The van der Waals surface area contributed by atoms with Crippen LogP contribution in [0.2, 0.25) is 0 Å². The van der Waals surface area contributed by atoms with Crippen LogP contribution in [0.15, 0.2) is 12.4 Å². The molecule has 0 fully saturated rings. The van der Waals surface area contributed by atoms with E-state index in [2.05, 4.69) is 29.2 Å². The van der Waals surface area contributed by atoms with Crippen LogP contribution < -0.4 is 5.32 Å². The Balaban J connectivity index is 2.20. The second kappa shape index (κ2) is 6.65. The van der Waals surface area contributed by atoms with Gasteiger partial charge in [-0.2, -0.15) is 0 Å². The van der Waals surface area contributed by atoms with Crippen LogP contribution in [-0.4, -0.2) is 24.2 Å². The van der Waals surface area contributed by atoms with Gasteiger partial charge in [-0.05, 0) is 50.8 Å². The second-order valence-electron chi connectivity index (χ2n) is 6.64. The first-order valence-electron chi connectivity index (χ1n) is 7.98. The lowest BCUT2D eigenvalue weighted by atomic mass is 9.94. The highest BCUT2D eigenvalue weighted by atomic mass is 16.5. The summed E-state index contributed by atoms with van der Waals surface area (Å²) in [5.74, 6) is -0.158. The molecule has 0 aromatic carbocycles. The van der Waals surface area contributed by atoms with E-state index in [1.54, 1.807) is 0 Å². The fourth-order valence-corrected chi connectivity index (χ4v) is 3.26. The van der Waals surface area contributed by atoms with E-state index in [0.29, 0.717) is 12.6 Å². The summed E-state index contributed by atoms with van der Waals surface area (Å²) in [5.41, 5.74) is 2.34. The van der Waals surface area contributed by atoms with Gasteiger partial charge < -0.3 is 14.6 Å². The zero-order chi connectivity index (χ0) is 15.5. The highest BCUT2D eigenvalue weighted by Gasteiger charge is 2.30. The molecule has 0 saturated carbocycles. The van der Waals surface area contributed by atoms with Crippen molar-refractivity contribution in [3.63, 3.8) is 0 Å². The number of rotatable bonds is 5. The van der Waals surface area contributed by atoms with E-state index < -0.39 is 5.41 Å². The minimum absolute atomic E-state index is 0.158. The number of nitrogens with one attached hydrogen (secondary N) is 1. The highest BCUT2D eigenvalue weighted by Crippen LogP contribution is 2.31. The number of carbonyl (C=O) groups excluding carboxylic acids is 1. The Morgan fingerprint density at radius 2 is 2.19 bits per heavy atom. The summed E-state index contributed by atoms with van der Waals surface area (Å²) < 4.78 is 7.07. The van der Waals surface area contributed by atoms with E-state index in [-0.39, 0.29) is 5.97 Å². The summed E-state index contributed by atoms with van der Waals surface area (Å²) >= 11 is 0. The van der Waals surface area contributed by atoms with Gasteiger partial charge in [0.15, 0.2) is 0 Å². The van der Waals surface area contributed by atoms with Crippen molar-refractivity contribution in [1.29, 1.82) is 0 Å². The van der Waals surface area contributed by atoms with Gasteiger partial charge in [0, 0.05) is 25.0 Å². The minimum Gasteiger partial charge on any atom is -0.469 e. The Morgan fingerprint density at radius 3 is 2.86 bits per heavy atom. The summed E-state index contributed by atoms with van der Waals surface area (Å²) in [5, 5.41) is 3.59. The third-order valence-electron chi connectivity index (χ3n) is 4.33. The van der Waals surface area contributed by atoms with Gasteiger partial charge in [0.2, 0.25) is 0 Å². The summed E-state index contributed by atoms with van der Waals surface area (Å²) in [6, 6.07) is 0.454. The summed E-state index contributed by atoms with van der Waals surface area (Å²) in [6.07, 6.45) is 9.31. The van der Waals surface area contributed by atoms with Gasteiger partial charge in [-0.25, -0.2) is 0 Å². The zero-order valence-corrected chi connectivity index (χ0v) is 13.7. The molecule has 0 amide bonds. The zero-order valence-electron chi connectivity index (χ0n) is 13.7. The Bertz CT molecular complexity index is 491. The maximum Gasteiger partial charge on any atom is 0.313 e. The molecule has 0 saturated heterocycles.